The van der Waals surface area contributed by atoms with E-state index in [-0.39, 0.29) is 16.8 Å². The molecule has 5 nitrogen and oxygen atoms in total. The molecule has 2 unspecified atom stereocenters. The topological polar surface area (TPSA) is 66.5 Å². The molecule has 148 valence electrons. The van der Waals surface area contributed by atoms with Crippen molar-refractivity contribution < 1.29 is 13.2 Å². The van der Waals surface area contributed by atoms with Crippen molar-refractivity contribution in [2.75, 3.05) is 6.54 Å². The number of nitrogens with zero attached hydrogens (tertiary/aromatic N) is 1. The average molecular weight is 419 g/mol. The lowest BCUT2D eigenvalue weighted by Crippen LogP contribution is -2.47. The number of hydrogen-bond donors (Lipinski definition) is 1. The van der Waals surface area contributed by atoms with Gasteiger partial charge in [-0.1, -0.05) is 35.9 Å². The maximum atomic E-state index is 13.1. The standard InChI is InChI=1S/C21H23ClN2O3S/c22-16-10-12-17(13-11-16)28(26,27)24-14-4-9-20(24)21(25)23-19-8-3-6-15-5-1-2-7-18(15)19/h1-2,5,7,10-13,19-20H,3-4,6,8-9,14H2,(H,23,25). The van der Waals surface area contributed by atoms with Gasteiger partial charge in [-0.2, -0.15) is 4.31 Å². The molecule has 4 rings (SSSR count). The van der Waals surface area contributed by atoms with E-state index in [1.165, 1.54) is 22.0 Å². The van der Waals surface area contributed by atoms with Gasteiger partial charge < -0.3 is 5.32 Å². The monoisotopic (exact) mass is 418 g/mol. The summed E-state index contributed by atoms with van der Waals surface area (Å²) in [5, 5.41) is 3.59. The zero-order chi connectivity index (χ0) is 19.7. The quantitative estimate of drug-likeness (QED) is 0.823. The molecule has 1 aliphatic heterocycles. The molecule has 0 bridgehead atoms. The summed E-state index contributed by atoms with van der Waals surface area (Å²) in [6, 6.07) is 13.5. The number of nitrogens with one attached hydrogen (secondary N) is 1. The third-order valence-electron chi connectivity index (χ3n) is 5.61. The Morgan fingerprint density at radius 2 is 1.79 bits per heavy atom. The first kappa shape index (κ1) is 19.4. The van der Waals surface area contributed by atoms with Crippen LogP contribution in [0.15, 0.2) is 53.4 Å². The molecule has 1 N–H and O–H groups in total. The van der Waals surface area contributed by atoms with E-state index in [9.17, 15) is 13.2 Å². The van der Waals surface area contributed by atoms with Crippen LogP contribution in [0.25, 0.3) is 0 Å². The second kappa shape index (κ2) is 7.85. The molecule has 0 radical (unpaired) electrons. The molecule has 7 heteroatoms. The van der Waals surface area contributed by atoms with Gasteiger partial charge in [0.1, 0.15) is 6.04 Å². The molecule has 1 heterocycles. The minimum absolute atomic E-state index is 0.0573. The number of amides is 1. The number of benzene rings is 2. The number of halogens is 1. The predicted octanol–water partition coefficient (Wildman–Crippen LogP) is 3.69. The Hall–Kier alpha value is -1.89. The lowest BCUT2D eigenvalue weighted by atomic mass is 9.87. The summed E-state index contributed by atoms with van der Waals surface area (Å²) >= 11 is 5.88. The van der Waals surface area contributed by atoms with Crippen LogP contribution in [0.2, 0.25) is 5.02 Å². The summed E-state index contributed by atoms with van der Waals surface area (Å²) < 4.78 is 27.4. The number of fused-ring (bicyclic) bond motifs is 1. The lowest BCUT2D eigenvalue weighted by Gasteiger charge is -2.29. The van der Waals surface area contributed by atoms with Gasteiger partial charge in [0.25, 0.3) is 0 Å². The zero-order valence-corrected chi connectivity index (χ0v) is 17.0. The van der Waals surface area contributed by atoms with Gasteiger partial charge in [-0.25, -0.2) is 8.42 Å². The van der Waals surface area contributed by atoms with Crippen molar-refractivity contribution >= 4 is 27.5 Å². The van der Waals surface area contributed by atoms with E-state index >= 15 is 0 Å². The molecule has 2 aliphatic rings. The van der Waals surface area contributed by atoms with Crippen molar-refractivity contribution in [3.63, 3.8) is 0 Å². The fraction of sp³-hybridized carbons (Fsp3) is 0.381. The molecule has 2 aromatic rings. The second-order valence-electron chi connectivity index (χ2n) is 7.38. The molecule has 28 heavy (non-hydrogen) atoms. The first-order valence-corrected chi connectivity index (χ1v) is 11.4. The first-order chi connectivity index (χ1) is 13.5. The molecule has 1 amide bonds. The molecular weight excluding hydrogens is 396 g/mol. The van der Waals surface area contributed by atoms with Crippen LogP contribution < -0.4 is 5.32 Å². The number of aryl methyl sites for hydroxylation is 1. The van der Waals surface area contributed by atoms with Crippen molar-refractivity contribution in [2.45, 2.75) is 49.1 Å². The Morgan fingerprint density at radius 3 is 2.57 bits per heavy atom. The fourth-order valence-corrected chi connectivity index (χ4v) is 5.99. The highest BCUT2D eigenvalue weighted by Gasteiger charge is 2.40. The van der Waals surface area contributed by atoms with E-state index in [2.05, 4.69) is 17.4 Å². The van der Waals surface area contributed by atoms with Crippen LogP contribution in [-0.2, 0) is 21.2 Å². The maximum absolute atomic E-state index is 13.1. The third kappa shape index (κ3) is 3.69. The Kier molecular flexibility index (Phi) is 5.45. The van der Waals surface area contributed by atoms with Crippen LogP contribution >= 0.6 is 11.6 Å². The first-order valence-electron chi connectivity index (χ1n) is 9.62. The average Bonchev–Trinajstić information content (AvgIpc) is 3.20. The highest BCUT2D eigenvalue weighted by Crippen LogP contribution is 2.31. The van der Waals surface area contributed by atoms with Gasteiger partial charge in [0.05, 0.1) is 10.9 Å². The molecule has 1 saturated heterocycles. The summed E-state index contributed by atoms with van der Waals surface area (Å²) in [6.07, 6.45) is 4.11. The van der Waals surface area contributed by atoms with Crippen molar-refractivity contribution in [3.05, 3.63) is 64.7 Å². The number of rotatable bonds is 4. The zero-order valence-electron chi connectivity index (χ0n) is 15.5. The van der Waals surface area contributed by atoms with E-state index in [0.717, 1.165) is 24.8 Å². The van der Waals surface area contributed by atoms with E-state index in [1.54, 1.807) is 12.1 Å². The highest BCUT2D eigenvalue weighted by atomic mass is 35.5. The van der Waals surface area contributed by atoms with E-state index in [4.69, 9.17) is 11.6 Å². The fourth-order valence-electron chi connectivity index (χ4n) is 4.20. The van der Waals surface area contributed by atoms with Gasteiger partial charge in [-0.3, -0.25) is 4.79 Å². The minimum atomic E-state index is -3.74. The minimum Gasteiger partial charge on any atom is -0.348 e. The van der Waals surface area contributed by atoms with E-state index < -0.39 is 16.1 Å². The Balaban J connectivity index is 1.54. The number of hydrogen-bond acceptors (Lipinski definition) is 3. The Bertz CT molecular complexity index is 975. The van der Waals surface area contributed by atoms with Crippen LogP contribution in [0.5, 0.6) is 0 Å². The van der Waals surface area contributed by atoms with Crippen molar-refractivity contribution in [1.29, 1.82) is 0 Å². The van der Waals surface area contributed by atoms with Crippen molar-refractivity contribution in [1.82, 2.24) is 9.62 Å². The third-order valence-corrected chi connectivity index (χ3v) is 7.79. The number of carbonyl (C=O) groups excluding carboxylic acids is 1. The summed E-state index contributed by atoms with van der Waals surface area (Å²) in [5.41, 5.74) is 2.41. The van der Waals surface area contributed by atoms with Crippen LogP contribution in [0.3, 0.4) is 0 Å². The van der Waals surface area contributed by atoms with Crippen molar-refractivity contribution in [3.8, 4) is 0 Å². The number of sulfonamides is 1. The molecular formula is C21H23ClN2O3S. The van der Waals surface area contributed by atoms with Gasteiger partial charge in [0.15, 0.2) is 0 Å². The van der Waals surface area contributed by atoms with Gasteiger partial charge in [-0.15, -0.1) is 0 Å². The van der Waals surface area contributed by atoms with Crippen LogP contribution in [0.1, 0.15) is 42.9 Å². The molecule has 0 saturated carbocycles. The van der Waals surface area contributed by atoms with Gasteiger partial charge in [0, 0.05) is 11.6 Å². The highest BCUT2D eigenvalue weighted by molar-refractivity contribution is 7.89. The SMILES string of the molecule is O=C(NC1CCCc2ccccc21)C1CCCN1S(=O)(=O)c1ccc(Cl)cc1. The van der Waals surface area contributed by atoms with Crippen LogP contribution in [0, 0.1) is 0 Å². The summed E-state index contributed by atoms with van der Waals surface area (Å²) in [7, 11) is -3.74. The molecule has 1 aliphatic carbocycles. The number of carbonyl (C=O) groups is 1. The Labute approximate surface area is 170 Å². The summed E-state index contributed by atoms with van der Waals surface area (Å²) in [5.74, 6) is -0.211. The lowest BCUT2D eigenvalue weighted by molar-refractivity contribution is -0.125. The van der Waals surface area contributed by atoms with E-state index in [1.807, 2.05) is 12.1 Å². The molecule has 2 atom stereocenters. The molecule has 0 aromatic heterocycles. The summed E-state index contributed by atoms with van der Waals surface area (Å²) in [6.45, 7) is 0.351. The Morgan fingerprint density at radius 1 is 1.04 bits per heavy atom. The smallest absolute Gasteiger partial charge is 0.243 e. The van der Waals surface area contributed by atoms with Crippen LogP contribution in [0.4, 0.5) is 0 Å². The van der Waals surface area contributed by atoms with E-state index in [0.29, 0.717) is 24.4 Å². The molecule has 0 spiro atoms. The second-order valence-corrected chi connectivity index (χ2v) is 9.71. The van der Waals surface area contributed by atoms with Gasteiger partial charge >= 0.3 is 0 Å². The normalized spacial score (nSPS) is 22.6. The van der Waals surface area contributed by atoms with Crippen LogP contribution in [-0.4, -0.2) is 31.2 Å². The maximum Gasteiger partial charge on any atom is 0.243 e. The molecule has 2 aromatic carbocycles. The van der Waals surface area contributed by atoms with Gasteiger partial charge in [0.2, 0.25) is 15.9 Å². The van der Waals surface area contributed by atoms with Crippen molar-refractivity contribution in [2.24, 2.45) is 0 Å². The summed E-state index contributed by atoms with van der Waals surface area (Å²) in [4.78, 5) is 13.2. The molecule has 1 fully saturated rings. The van der Waals surface area contributed by atoms with Gasteiger partial charge in [-0.05, 0) is 67.5 Å². The predicted molar refractivity (Wildman–Crippen MR) is 109 cm³/mol. The largest absolute Gasteiger partial charge is 0.348 e.